The molecule has 0 saturated heterocycles. The van der Waals surface area contributed by atoms with E-state index in [1.54, 1.807) is 13.8 Å². The van der Waals surface area contributed by atoms with Crippen LogP contribution in [0, 0.1) is 0 Å². The minimum atomic E-state index is -1.07. The molecule has 0 saturated carbocycles. The molecule has 0 aliphatic carbocycles. The molecule has 0 fully saturated rings. The summed E-state index contributed by atoms with van der Waals surface area (Å²) in [6, 6.07) is 0. The van der Waals surface area contributed by atoms with E-state index in [2.05, 4.69) is 0 Å². The van der Waals surface area contributed by atoms with Crippen LogP contribution in [0.4, 0.5) is 0 Å². The first-order valence-corrected chi connectivity index (χ1v) is 4.58. The van der Waals surface area contributed by atoms with Crippen molar-refractivity contribution in [2.24, 2.45) is 5.73 Å². The van der Waals surface area contributed by atoms with Gasteiger partial charge in [-0.2, -0.15) is 0 Å². The number of aliphatic carboxylic acids is 1. The van der Waals surface area contributed by atoms with Crippen molar-refractivity contribution in [3.05, 3.63) is 0 Å². The van der Waals surface area contributed by atoms with Crippen molar-refractivity contribution in [1.29, 1.82) is 0 Å². The van der Waals surface area contributed by atoms with Gasteiger partial charge >= 0.3 is 5.97 Å². The van der Waals surface area contributed by atoms with Gasteiger partial charge in [0, 0.05) is 6.61 Å². The van der Waals surface area contributed by atoms with Crippen molar-refractivity contribution in [3.8, 4) is 0 Å². The highest BCUT2D eigenvalue weighted by Gasteiger charge is 2.27. The Hall–Kier alpha value is -0.610. The molecule has 0 spiro atoms. The van der Waals surface area contributed by atoms with Crippen LogP contribution in [0.15, 0.2) is 0 Å². The second-order valence-corrected chi connectivity index (χ2v) is 3.51. The predicted octanol–water partition coefficient (Wildman–Crippen LogP) is 0.995. The summed E-state index contributed by atoms with van der Waals surface area (Å²) in [6.45, 7) is 4.28. The van der Waals surface area contributed by atoms with Gasteiger partial charge in [0.2, 0.25) is 0 Å². The van der Waals surface area contributed by atoms with Gasteiger partial charge in [0.25, 0.3) is 0 Å². The second-order valence-electron chi connectivity index (χ2n) is 3.51. The molecule has 0 atom stereocenters. The van der Waals surface area contributed by atoms with E-state index in [1.807, 2.05) is 0 Å². The van der Waals surface area contributed by atoms with E-state index in [-0.39, 0.29) is 0 Å². The molecule has 0 aliphatic heterocycles. The first-order chi connectivity index (χ1) is 6.00. The highest BCUT2D eigenvalue weighted by atomic mass is 16.5. The minimum Gasteiger partial charge on any atom is -0.479 e. The summed E-state index contributed by atoms with van der Waals surface area (Å²) < 4.78 is 5.20. The molecule has 0 aromatic heterocycles. The smallest absolute Gasteiger partial charge is 0.335 e. The number of rotatable bonds is 7. The number of hydrogen-bond acceptors (Lipinski definition) is 3. The Kier molecular flexibility index (Phi) is 5.66. The predicted molar refractivity (Wildman–Crippen MR) is 50.6 cm³/mol. The maximum Gasteiger partial charge on any atom is 0.335 e. The van der Waals surface area contributed by atoms with Crippen molar-refractivity contribution >= 4 is 5.97 Å². The molecule has 13 heavy (non-hydrogen) atoms. The molecule has 0 bridgehead atoms. The van der Waals surface area contributed by atoms with Crippen LogP contribution >= 0.6 is 0 Å². The standard InChI is InChI=1S/C9H19NO3/c1-9(2,8(11)12)13-7-5-3-4-6-10/h3-7,10H2,1-2H3,(H,11,12). The third kappa shape index (κ3) is 5.60. The van der Waals surface area contributed by atoms with Gasteiger partial charge in [-0.1, -0.05) is 0 Å². The van der Waals surface area contributed by atoms with Crippen molar-refractivity contribution in [3.63, 3.8) is 0 Å². The van der Waals surface area contributed by atoms with E-state index in [0.717, 1.165) is 19.3 Å². The molecule has 4 nitrogen and oxygen atoms in total. The SMILES string of the molecule is CC(C)(OCCCCCN)C(=O)O. The van der Waals surface area contributed by atoms with E-state index in [0.29, 0.717) is 13.2 Å². The summed E-state index contributed by atoms with van der Waals surface area (Å²) in [6.07, 6.45) is 2.83. The summed E-state index contributed by atoms with van der Waals surface area (Å²) in [5.74, 6) is -0.925. The van der Waals surface area contributed by atoms with Gasteiger partial charge in [0.1, 0.15) is 0 Å². The summed E-state index contributed by atoms with van der Waals surface area (Å²) >= 11 is 0. The lowest BCUT2D eigenvalue weighted by atomic mass is 10.1. The molecule has 3 N–H and O–H groups in total. The molecule has 0 aliphatic rings. The topological polar surface area (TPSA) is 72.5 Å². The van der Waals surface area contributed by atoms with Gasteiger partial charge in [0.05, 0.1) is 0 Å². The summed E-state index contributed by atoms with van der Waals surface area (Å²) in [4.78, 5) is 10.6. The van der Waals surface area contributed by atoms with Crippen molar-refractivity contribution in [1.82, 2.24) is 0 Å². The number of nitrogens with two attached hydrogens (primary N) is 1. The number of carboxylic acids is 1. The molecular formula is C9H19NO3. The Balaban J connectivity index is 3.46. The number of carboxylic acid groups (broad SMARTS) is 1. The highest BCUT2D eigenvalue weighted by Crippen LogP contribution is 2.10. The molecule has 0 aromatic rings. The van der Waals surface area contributed by atoms with Gasteiger partial charge < -0.3 is 15.6 Å². The number of hydrogen-bond donors (Lipinski definition) is 2. The molecule has 0 amide bonds. The Morgan fingerprint density at radius 3 is 2.46 bits per heavy atom. The Labute approximate surface area is 79.1 Å². The van der Waals surface area contributed by atoms with Crippen LogP contribution in [0.25, 0.3) is 0 Å². The minimum absolute atomic E-state index is 0.485. The summed E-state index contributed by atoms with van der Waals surface area (Å²) in [5, 5.41) is 8.70. The van der Waals surface area contributed by atoms with E-state index in [1.165, 1.54) is 0 Å². The number of carbonyl (C=O) groups is 1. The van der Waals surface area contributed by atoms with Crippen molar-refractivity contribution in [2.45, 2.75) is 38.7 Å². The number of ether oxygens (including phenoxy) is 1. The van der Waals surface area contributed by atoms with Crippen molar-refractivity contribution in [2.75, 3.05) is 13.2 Å². The largest absolute Gasteiger partial charge is 0.479 e. The molecular weight excluding hydrogens is 170 g/mol. The number of unbranched alkanes of at least 4 members (excludes halogenated alkanes) is 2. The zero-order valence-corrected chi connectivity index (χ0v) is 8.38. The zero-order chi connectivity index (χ0) is 10.3. The molecule has 0 radical (unpaired) electrons. The summed E-state index contributed by atoms with van der Waals surface area (Å²) in [7, 11) is 0. The molecule has 0 aromatic carbocycles. The van der Waals surface area contributed by atoms with Crippen LogP contribution in [-0.4, -0.2) is 29.8 Å². The molecule has 0 rings (SSSR count). The molecule has 78 valence electrons. The highest BCUT2D eigenvalue weighted by molar-refractivity contribution is 5.76. The van der Waals surface area contributed by atoms with E-state index >= 15 is 0 Å². The maximum atomic E-state index is 10.6. The first kappa shape index (κ1) is 12.4. The van der Waals surface area contributed by atoms with Crippen molar-refractivity contribution < 1.29 is 14.6 Å². The third-order valence-corrected chi connectivity index (χ3v) is 1.83. The normalized spacial score (nSPS) is 11.6. The van der Waals surface area contributed by atoms with Crippen LogP contribution in [0.5, 0.6) is 0 Å². The van der Waals surface area contributed by atoms with Gasteiger partial charge in [-0.05, 0) is 39.7 Å². The average molecular weight is 189 g/mol. The molecule has 4 heteroatoms. The van der Waals surface area contributed by atoms with Crippen LogP contribution in [0.3, 0.4) is 0 Å². The Morgan fingerprint density at radius 1 is 1.38 bits per heavy atom. The van der Waals surface area contributed by atoms with E-state index in [4.69, 9.17) is 15.6 Å². The van der Waals surface area contributed by atoms with Gasteiger partial charge in [-0.15, -0.1) is 0 Å². The Bertz CT molecular complexity index is 157. The molecule has 0 unspecified atom stereocenters. The van der Waals surface area contributed by atoms with Crippen LogP contribution in [0.1, 0.15) is 33.1 Å². The van der Waals surface area contributed by atoms with Crippen LogP contribution in [-0.2, 0) is 9.53 Å². The monoisotopic (exact) mass is 189 g/mol. The lowest BCUT2D eigenvalue weighted by molar-refractivity contribution is -0.161. The summed E-state index contributed by atoms with van der Waals surface area (Å²) in [5.41, 5.74) is 4.24. The fraction of sp³-hybridized carbons (Fsp3) is 0.889. The zero-order valence-electron chi connectivity index (χ0n) is 8.38. The Morgan fingerprint density at radius 2 is 2.00 bits per heavy atom. The second kappa shape index (κ2) is 5.94. The van der Waals surface area contributed by atoms with Crippen LogP contribution < -0.4 is 5.73 Å². The maximum absolute atomic E-state index is 10.6. The van der Waals surface area contributed by atoms with Crippen LogP contribution in [0.2, 0.25) is 0 Å². The van der Waals surface area contributed by atoms with Gasteiger partial charge in [-0.3, -0.25) is 0 Å². The van der Waals surface area contributed by atoms with E-state index in [9.17, 15) is 4.79 Å². The fourth-order valence-corrected chi connectivity index (χ4v) is 0.812. The fourth-order valence-electron chi connectivity index (χ4n) is 0.812. The lowest BCUT2D eigenvalue weighted by Crippen LogP contribution is -2.35. The van der Waals surface area contributed by atoms with Gasteiger partial charge in [0.15, 0.2) is 5.60 Å². The average Bonchev–Trinajstić information content (AvgIpc) is 2.03. The van der Waals surface area contributed by atoms with Gasteiger partial charge in [-0.25, -0.2) is 4.79 Å². The quantitative estimate of drug-likeness (QED) is 0.586. The molecule has 0 heterocycles. The van der Waals surface area contributed by atoms with E-state index < -0.39 is 11.6 Å². The first-order valence-electron chi connectivity index (χ1n) is 4.58. The lowest BCUT2D eigenvalue weighted by Gasteiger charge is -2.19. The third-order valence-electron chi connectivity index (χ3n) is 1.83.